The molecule has 1 aliphatic carbocycles. The summed E-state index contributed by atoms with van der Waals surface area (Å²) in [5.74, 6) is 1.59. The predicted octanol–water partition coefficient (Wildman–Crippen LogP) is 3.60. The molecule has 0 unspecified atom stereocenters. The molecule has 0 saturated carbocycles. The fourth-order valence-corrected chi connectivity index (χ4v) is 2.51. The van der Waals surface area contributed by atoms with E-state index >= 15 is 0 Å². The molecule has 0 N–H and O–H groups in total. The van der Waals surface area contributed by atoms with Gasteiger partial charge in [0, 0.05) is 0 Å². The maximum atomic E-state index is 2.36. The topological polar surface area (TPSA) is 0 Å². The molecule has 0 heterocycles. The van der Waals surface area contributed by atoms with Crippen LogP contribution in [0.2, 0.25) is 0 Å². The van der Waals surface area contributed by atoms with Crippen molar-refractivity contribution in [2.45, 2.75) is 40.0 Å². The van der Waals surface area contributed by atoms with E-state index in [0.29, 0.717) is 0 Å². The van der Waals surface area contributed by atoms with E-state index < -0.39 is 0 Å². The highest BCUT2D eigenvalue weighted by Crippen LogP contribution is 2.39. The van der Waals surface area contributed by atoms with Crippen molar-refractivity contribution in [1.29, 1.82) is 0 Å². The van der Waals surface area contributed by atoms with E-state index in [1.807, 2.05) is 0 Å². The van der Waals surface area contributed by atoms with E-state index in [1.165, 1.54) is 17.5 Å². The van der Waals surface area contributed by atoms with Crippen molar-refractivity contribution < 1.29 is 0 Å². The molecule has 1 aromatic rings. The van der Waals surface area contributed by atoms with Gasteiger partial charge in [-0.3, -0.25) is 0 Å². The van der Waals surface area contributed by atoms with E-state index in [4.69, 9.17) is 0 Å². The Morgan fingerprint density at radius 1 is 1.15 bits per heavy atom. The number of hydrogen-bond acceptors (Lipinski definition) is 0. The number of rotatable bonds is 0. The first kappa shape index (κ1) is 8.80. The molecule has 13 heavy (non-hydrogen) atoms. The Balaban J connectivity index is 2.59. The van der Waals surface area contributed by atoms with E-state index in [1.54, 1.807) is 11.1 Å². The highest BCUT2D eigenvalue weighted by Gasteiger charge is 2.27. The second-order valence-electron chi connectivity index (χ2n) is 4.55. The maximum absolute atomic E-state index is 2.36. The van der Waals surface area contributed by atoms with Gasteiger partial charge in [0.15, 0.2) is 0 Å². The fraction of sp³-hybridized carbons (Fsp3) is 0.538. The molecule has 2 atom stereocenters. The molecule has 0 aliphatic heterocycles. The van der Waals surface area contributed by atoms with Gasteiger partial charge in [-0.1, -0.05) is 26.0 Å². The van der Waals surface area contributed by atoms with E-state index in [2.05, 4.69) is 39.8 Å². The SMILES string of the molecule is Cc1ccc2c(c1C)[C@@H](C)[C@@H](C)C2. The van der Waals surface area contributed by atoms with Crippen LogP contribution >= 0.6 is 0 Å². The Morgan fingerprint density at radius 3 is 2.54 bits per heavy atom. The summed E-state index contributed by atoms with van der Waals surface area (Å²) in [6, 6.07) is 4.58. The Labute approximate surface area is 81.0 Å². The smallest absolute Gasteiger partial charge is 0.0156 e. The zero-order valence-electron chi connectivity index (χ0n) is 9.02. The highest BCUT2D eigenvalue weighted by atomic mass is 14.3. The van der Waals surface area contributed by atoms with Crippen LogP contribution in [-0.2, 0) is 6.42 Å². The lowest BCUT2D eigenvalue weighted by Crippen LogP contribution is -1.99. The molecule has 0 saturated heterocycles. The Kier molecular flexibility index (Phi) is 1.94. The van der Waals surface area contributed by atoms with Crippen LogP contribution in [0.4, 0.5) is 0 Å². The third kappa shape index (κ3) is 1.20. The molecule has 0 radical (unpaired) electrons. The van der Waals surface area contributed by atoms with Crippen LogP contribution in [0.3, 0.4) is 0 Å². The Bertz CT molecular complexity index is 336. The lowest BCUT2D eigenvalue weighted by molar-refractivity contribution is 0.531. The lowest BCUT2D eigenvalue weighted by Gasteiger charge is -2.13. The molecule has 0 spiro atoms. The normalized spacial score (nSPS) is 26.2. The third-order valence-electron chi connectivity index (χ3n) is 3.73. The second kappa shape index (κ2) is 2.87. The Hall–Kier alpha value is -0.780. The van der Waals surface area contributed by atoms with Crippen LogP contribution < -0.4 is 0 Å². The molecular formula is C13H18. The van der Waals surface area contributed by atoms with E-state index in [0.717, 1.165) is 11.8 Å². The number of aryl methyl sites for hydroxylation is 1. The minimum Gasteiger partial charge on any atom is -0.0616 e. The molecular weight excluding hydrogens is 156 g/mol. The fourth-order valence-electron chi connectivity index (χ4n) is 2.51. The van der Waals surface area contributed by atoms with Gasteiger partial charge in [-0.05, 0) is 54.4 Å². The van der Waals surface area contributed by atoms with Crippen molar-refractivity contribution in [1.82, 2.24) is 0 Å². The van der Waals surface area contributed by atoms with Crippen molar-refractivity contribution in [3.8, 4) is 0 Å². The Morgan fingerprint density at radius 2 is 1.85 bits per heavy atom. The first-order chi connectivity index (χ1) is 6.11. The van der Waals surface area contributed by atoms with Crippen molar-refractivity contribution in [2.24, 2.45) is 5.92 Å². The first-order valence-electron chi connectivity index (χ1n) is 5.20. The van der Waals surface area contributed by atoms with Gasteiger partial charge >= 0.3 is 0 Å². The van der Waals surface area contributed by atoms with Gasteiger partial charge < -0.3 is 0 Å². The highest BCUT2D eigenvalue weighted by molar-refractivity contribution is 5.45. The molecule has 0 heteroatoms. The van der Waals surface area contributed by atoms with Gasteiger partial charge in [0.1, 0.15) is 0 Å². The predicted molar refractivity (Wildman–Crippen MR) is 57.2 cm³/mol. The summed E-state index contributed by atoms with van der Waals surface area (Å²) in [6.45, 7) is 9.20. The largest absolute Gasteiger partial charge is 0.0616 e. The molecule has 1 aromatic carbocycles. The van der Waals surface area contributed by atoms with Gasteiger partial charge in [-0.25, -0.2) is 0 Å². The molecule has 0 amide bonds. The molecule has 0 nitrogen and oxygen atoms in total. The standard InChI is InChI=1S/C13H18/c1-8-5-6-12-7-9(2)11(4)13(12)10(8)3/h5-6,9,11H,7H2,1-4H3/t9-,11-/m0/s1. The van der Waals surface area contributed by atoms with Crippen molar-refractivity contribution in [3.05, 3.63) is 34.4 Å². The van der Waals surface area contributed by atoms with E-state index in [-0.39, 0.29) is 0 Å². The molecule has 2 rings (SSSR count). The van der Waals surface area contributed by atoms with Crippen LogP contribution in [-0.4, -0.2) is 0 Å². The summed E-state index contributed by atoms with van der Waals surface area (Å²) in [7, 11) is 0. The molecule has 1 aliphatic rings. The van der Waals surface area contributed by atoms with Gasteiger partial charge in [-0.2, -0.15) is 0 Å². The zero-order chi connectivity index (χ0) is 9.59. The number of fused-ring (bicyclic) bond motifs is 1. The minimum absolute atomic E-state index is 0.759. The van der Waals surface area contributed by atoms with Crippen LogP contribution in [0, 0.1) is 19.8 Å². The van der Waals surface area contributed by atoms with Crippen molar-refractivity contribution in [3.63, 3.8) is 0 Å². The van der Waals surface area contributed by atoms with Crippen LogP contribution in [0.5, 0.6) is 0 Å². The van der Waals surface area contributed by atoms with Crippen molar-refractivity contribution >= 4 is 0 Å². The first-order valence-corrected chi connectivity index (χ1v) is 5.20. The van der Waals surface area contributed by atoms with Gasteiger partial charge in [0.05, 0.1) is 0 Å². The molecule has 0 fully saturated rings. The van der Waals surface area contributed by atoms with Crippen LogP contribution in [0.1, 0.15) is 42.0 Å². The summed E-state index contributed by atoms with van der Waals surface area (Å²) in [5.41, 5.74) is 6.18. The lowest BCUT2D eigenvalue weighted by atomic mass is 9.92. The van der Waals surface area contributed by atoms with Gasteiger partial charge in [0.2, 0.25) is 0 Å². The molecule has 70 valence electrons. The average molecular weight is 174 g/mol. The van der Waals surface area contributed by atoms with Crippen LogP contribution in [0.15, 0.2) is 12.1 Å². The maximum Gasteiger partial charge on any atom is -0.0156 e. The van der Waals surface area contributed by atoms with Gasteiger partial charge in [-0.15, -0.1) is 0 Å². The summed E-state index contributed by atoms with van der Waals surface area (Å²) in [4.78, 5) is 0. The number of benzene rings is 1. The average Bonchev–Trinajstić information content (AvgIpc) is 2.37. The summed E-state index contributed by atoms with van der Waals surface area (Å²) >= 11 is 0. The van der Waals surface area contributed by atoms with Crippen molar-refractivity contribution in [2.75, 3.05) is 0 Å². The summed E-state index contributed by atoms with van der Waals surface area (Å²) < 4.78 is 0. The van der Waals surface area contributed by atoms with Gasteiger partial charge in [0.25, 0.3) is 0 Å². The third-order valence-corrected chi connectivity index (χ3v) is 3.73. The monoisotopic (exact) mass is 174 g/mol. The minimum atomic E-state index is 0.759. The second-order valence-corrected chi connectivity index (χ2v) is 4.55. The summed E-state index contributed by atoms with van der Waals surface area (Å²) in [5, 5.41) is 0. The van der Waals surface area contributed by atoms with Crippen LogP contribution in [0.25, 0.3) is 0 Å². The quantitative estimate of drug-likeness (QED) is 0.563. The number of hydrogen-bond donors (Lipinski definition) is 0. The summed E-state index contributed by atoms with van der Waals surface area (Å²) in [6.07, 6.45) is 1.28. The zero-order valence-corrected chi connectivity index (χ0v) is 9.02. The molecule has 0 bridgehead atoms. The molecule has 0 aromatic heterocycles. The van der Waals surface area contributed by atoms with E-state index in [9.17, 15) is 0 Å².